The summed E-state index contributed by atoms with van der Waals surface area (Å²) in [4.78, 5) is 20.0. The number of ether oxygens (including phenoxy) is 2. The summed E-state index contributed by atoms with van der Waals surface area (Å²) in [6.07, 6.45) is 8.46. The lowest BCUT2D eigenvalue weighted by Gasteiger charge is -2.37. The fraction of sp³-hybridized carbons (Fsp3) is 0.556. The molecule has 0 saturated heterocycles. The minimum Gasteiger partial charge on any atom is -0.395 e. The summed E-state index contributed by atoms with van der Waals surface area (Å²) in [5, 5.41) is 19.8. The number of Topliss-reactive ketones (excluding diaryl/α,β-unsaturated/α-hetero) is 1. The summed E-state index contributed by atoms with van der Waals surface area (Å²) in [5.41, 5.74) is 3.73. The highest BCUT2D eigenvalue weighted by molar-refractivity contribution is 9.10. The van der Waals surface area contributed by atoms with Crippen LogP contribution in [0.15, 0.2) is 53.4 Å². The number of aromatic nitrogens is 5. The molecule has 49 heavy (non-hydrogen) atoms. The van der Waals surface area contributed by atoms with Crippen LogP contribution in [0.1, 0.15) is 44.2 Å². The molecule has 1 saturated carbocycles. The quantitative estimate of drug-likeness (QED) is 0.0695. The van der Waals surface area contributed by atoms with Crippen LogP contribution in [-0.2, 0) is 14.3 Å². The Bertz CT molecular complexity index is 1690. The summed E-state index contributed by atoms with van der Waals surface area (Å²) >= 11 is 4.00. The first-order chi connectivity index (χ1) is 23.2. The fourth-order valence-corrected chi connectivity index (χ4v) is 8.58. The van der Waals surface area contributed by atoms with Gasteiger partial charge < -0.3 is 19.5 Å². The zero-order valence-electron chi connectivity index (χ0n) is 30.2. The van der Waals surface area contributed by atoms with Crippen molar-refractivity contribution >= 4 is 49.3 Å². The van der Waals surface area contributed by atoms with Gasteiger partial charge in [0.15, 0.2) is 11.5 Å². The lowest BCUT2D eigenvalue weighted by molar-refractivity contribution is -0.131. The van der Waals surface area contributed by atoms with Gasteiger partial charge in [0.25, 0.3) is 0 Å². The molecule has 0 radical (unpaired) electrons. The number of halogens is 1. The average molecular weight is 770 g/mol. The van der Waals surface area contributed by atoms with Crippen molar-refractivity contribution in [3.63, 3.8) is 0 Å². The molecule has 0 bridgehead atoms. The zero-order valence-corrected chi connectivity index (χ0v) is 33.8. The molecule has 13 heteroatoms. The lowest BCUT2D eigenvalue weighted by Crippen LogP contribution is -2.37. The maximum Gasteiger partial charge on any atom is 0.165 e. The van der Waals surface area contributed by atoms with Crippen molar-refractivity contribution in [2.24, 2.45) is 5.41 Å². The maximum atomic E-state index is 12.6. The number of rotatable bonds is 16. The number of hydrogen-bond donors (Lipinski definition) is 1. The Morgan fingerprint density at radius 2 is 1.59 bits per heavy atom. The number of fused-ring (bicyclic) bond motifs is 1. The highest BCUT2D eigenvalue weighted by atomic mass is 79.9. The minimum absolute atomic E-state index is 0.0576. The summed E-state index contributed by atoms with van der Waals surface area (Å²) in [7, 11) is -2.57. The van der Waals surface area contributed by atoms with E-state index >= 15 is 0 Å². The van der Waals surface area contributed by atoms with Crippen molar-refractivity contribution in [2.45, 2.75) is 89.9 Å². The molecule has 0 amide bonds. The van der Waals surface area contributed by atoms with Gasteiger partial charge in [0, 0.05) is 52.6 Å². The minimum atomic E-state index is -1.28. The standard InChI is InChI=1S/C36H53BrN6O4Si2/c1-27(45)36(24-44)15-13-28(14-16-36)33-32(37)35(41(25-46-17-19-48(2,3)4)26-47-18-20-49(5,6)7)43-34(40-33)31(22-39-43)29-21-38-42(23-29)30-11-9-8-10-12-30/h8-12,21-23,28,44H,13-20,24-26H2,1-7H3. The second-order valence-electron chi connectivity index (χ2n) is 15.9. The molecule has 3 aromatic heterocycles. The highest BCUT2D eigenvalue weighted by Crippen LogP contribution is 2.46. The van der Waals surface area contributed by atoms with Gasteiger partial charge in [-0.15, -0.1) is 0 Å². The topological polar surface area (TPSA) is 107 Å². The van der Waals surface area contributed by atoms with E-state index in [-0.39, 0.29) is 18.3 Å². The molecule has 1 N–H and O–H groups in total. The fourth-order valence-electron chi connectivity index (χ4n) is 6.24. The van der Waals surface area contributed by atoms with Crippen molar-refractivity contribution in [3.8, 4) is 16.8 Å². The third kappa shape index (κ3) is 9.16. The first-order valence-corrected chi connectivity index (χ1v) is 25.6. The number of hydrogen-bond acceptors (Lipinski definition) is 8. The Kier molecular flexibility index (Phi) is 12.0. The Morgan fingerprint density at radius 3 is 2.14 bits per heavy atom. The van der Waals surface area contributed by atoms with Crippen LogP contribution in [-0.4, -0.2) is 84.7 Å². The Balaban J connectivity index is 1.57. The van der Waals surface area contributed by atoms with Crippen LogP contribution in [0.4, 0.5) is 5.82 Å². The number of carbonyl (C=O) groups excluding carboxylic acids is 1. The van der Waals surface area contributed by atoms with Crippen LogP contribution < -0.4 is 4.90 Å². The van der Waals surface area contributed by atoms with Crippen molar-refractivity contribution in [2.75, 3.05) is 38.2 Å². The first-order valence-electron chi connectivity index (χ1n) is 17.4. The number of anilines is 1. The van der Waals surface area contributed by atoms with Crippen molar-refractivity contribution in [1.82, 2.24) is 24.4 Å². The van der Waals surface area contributed by atoms with Crippen molar-refractivity contribution < 1.29 is 19.4 Å². The van der Waals surface area contributed by atoms with E-state index in [2.05, 4.69) is 65.2 Å². The third-order valence-electron chi connectivity index (χ3n) is 9.67. The van der Waals surface area contributed by atoms with E-state index in [4.69, 9.17) is 19.6 Å². The number of nitrogens with zero attached hydrogens (tertiary/aromatic N) is 6. The molecule has 3 heterocycles. The van der Waals surface area contributed by atoms with Crippen LogP contribution in [0.25, 0.3) is 22.5 Å². The molecular weight excluding hydrogens is 717 g/mol. The van der Waals surface area contributed by atoms with E-state index in [1.54, 1.807) is 6.92 Å². The normalized spacial score (nSPS) is 18.7. The van der Waals surface area contributed by atoms with E-state index in [1.165, 1.54) is 0 Å². The number of aliphatic hydroxyl groups is 1. The molecule has 1 aliphatic rings. The van der Waals surface area contributed by atoms with Gasteiger partial charge in [-0.05, 0) is 72.8 Å². The van der Waals surface area contributed by atoms with Gasteiger partial charge in [0.1, 0.15) is 19.2 Å². The molecule has 266 valence electrons. The molecule has 0 unspecified atom stereocenters. The number of aliphatic hydroxyl groups excluding tert-OH is 1. The summed E-state index contributed by atoms with van der Waals surface area (Å²) < 4.78 is 17.3. The van der Waals surface area contributed by atoms with Crippen molar-refractivity contribution in [3.05, 3.63) is 59.1 Å². The van der Waals surface area contributed by atoms with Crippen LogP contribution in [0.5, 0.6) is 0 Å². The average Bonchev–Trinajstić information content (AvgIpc) is 3.71. The van der Waals surface area contributed by atoms with Gasteiger partial charge in [-0.3, -0.25) is 4.79 Å². The number of carbonyl (C=O) groups is 1. The molecule has 4 aromatic rings. The maximum absolute atomic E-state index is 12.6. The molecule has 10 nitrogen and oxygen atoms in total. The van der Waals surface area contributed by atoms with Gasteiger partial charge >= 0.3 is 0 Å². The third-order valence-corrected chi connectivity index (χ3v) is 13.8. The highest BCUT2D eigenvalue weighted by Gasteiger charge is 2.40. The smallest absolute Gasteiger partial charge is 0.165 e. The largest absolute Gasteiger partial charge is 0.395 e. The van der Waals surface area contributed by atoms with Gasteiger partial charge in [-0.25, -0.2) is 9.67 Å². The zero-order chi connectivity index (χ0) is 35.4. The SMILES string of the molecule is CC(=O)C1(CO)CCC(c2nc3c(-c4cnn(-c5ccccc5)c4)cnn3c(N(COCC[Si](C)(C)C)COCC[Si](C)(C)C)c2Br)CC1. The number of ketones is 1. The first kappa shape index (κ1) is 37.6. The van der Waals surface area contributed by atoms with Crippen LogP contribution >= 0.6 is 15.9 Å². The molecule has 1 fully saturated rings. The lowest BCUT2D eigenvalue weighted by atomic mass is 9.68. The predicted octanol–water partition coefficient (Wildman–Crippen LogP) is 8.00. The Morgan fingerprint density at radius 1 is 0.980 bits per heavy atom. The van der Waals surface area contributed by atoms with Crippen LogP contribution in [0.3, 0.4) is 0 Å². The van der Waals surface area contributed by atoms with Gasteiger partial charge in [-0.1, -0.05) is 57.5 Å². The van der Waals surface area contributed by atoms with Crippen molar-refractivity contribution in [1.29, 1.82) is 0 Å². The summed E-state index contributed by atoms with van der Waals surface area (Å²) in [6, 6.07) is 12.2. The van der Waals surface area contributed by atoms with Gasteiger partial charge in [0.2, 0.25) is 0 Å². The number of para-hydroxylation sites is 1. The monoisotopic (exact) mass is 768 g/mol. The van der Waals surface area contributed by atoms with Crippen LogP contribution in [0, 0.1) is 5.41 Å². The molecule has 0 aliphatic heterocycles. The molecule has 0 spiro atoms. The summed E-state index contributed by atoms with van der Waals surface area (Å²) in [5.74, 6) is 0.977. The van der Waals surface area contributed by atoms with E-state index in [0.29, 0.717) is 39.5 Å². The molecular formula is C36H53BrN6O4Si2. The molecule has 1 aromatic carbocycles. The molecule has 0 atom stereocenters. The van der Waals surface area contributed by atoms with Gasteiger partial charge in [0.05, 0.1) is 40.3 Å². The van der Waals surface area contributed by atoms with E-state index in [0.717, 1.165) is 63.4 Å². The van der Waals surface area contributed by atoms with E-state index < -0.39 is 21.6 Å². The van der Waals surface area contributed by atoms with Crippen LogP contribution in [0.2, 0.25) is 51.4 Å². The Hall–Kier alpha value is -2.69. The molecule has 5 rings (SSSR count). The second-order valence-corrected chi connectivity index (χ2v) is 28.0. The summed E-state index contributed by atoms with van der Waals surface area (Å²) in [6.45, 7) is 17.7. The number of benzene rings is 1. The van der Waals surface area contributed by atoms with Gasteiger partial charge in [-0.2, -0.15) is 14.7 Å². The van der Waals surface area contributed by atoms with E-state index in [9.17, 15) is 9.90 Å². The predicted molar refractivity (Wildman–Crippen MR) is 205 cm³/mol. The molecule has 1 aliphatic carbocycles. The second kappa shape index (κ2) is 15.7. The Labute approximate surface area is 301 Å². The van der Waals surface area contributed by atoms with E-state index in [1.807, 2.05) is 58.1 Å².